The minimum Gasteiger partial charge on any atom is -0.398 e. The fourth-order valence-electron chi connectivity index (χ4n) is 6.68. The second-order valence-corrected chi connectivity index (χ2v) is 12.1. The summed E-state index contributed by atoms with van der Waals surface area (Å²) in [6.07, 6.45) is 5.50. The molecule has 0 spiro atoms. The minimum atomic E-state index is -3.96. The highest BCUT2D eigenvalue weighted by Crippen LogP contribution is 2.66. The van der Waals surface area contributed by atoms with Gasteiger partial charge in [0, 0.05) is 6.42 Å². The SMILES string of the molecule is CC(C)(NS(=O)(=O)c1ccccc1N)C(=O)CC12CC3CC(C1)CC(C(N)=O)(C3)C2. The fourth-order valence-corrected chi connectivity index (χ4v) is 8.21. The smallest absolute Gasteiger partial charge is 0.243 e. The summed E-state index contributed by atoms with van der Waals surface area (Å²) in [4.78, 5) is 25.6. The number of nitrogen functional groups attached to an aromatic ring is 1. The molecule has 1 aromatic rings. The van der Waals surface area contributed by atoms with Gasteiger partial charge in [0.15, 0.2) is 5.78 Å². The van der Waals surface area contributed by atoms with Crippen LogP contribution in [-0.2, 0) is 19.6 Å². The van der Waals surface area contributed by atoms with Gasteiger partial charge in [-0.3, -0.25) is 9.59 Å². The maximum Gasteiger partial charge on any atom is 0.243 e. The summed E-state index contributed by atoms with van der Waals surface area (Å²) in [7, 11) is -3.96. The second kappa shape index (κ2) is 6.79. The van der Waals surface area contributed by atoms with Crippen LogP contribution in [0, 0.1) is 22.7 Å². The lowest BCUT2D eigenvalue weighted by Crippen LogP contribution is -2.58. The second-order valence-electron chi connectivity index (χ2n) is 10.5. The molecule has 2 unspecified atom stereocenters. The van der Waals surface area contributed by atoms with Crippen LogP contribution in [0.15, 0.2) is 29.2 Å². The van der Waals surface area contributed by atoms with Crippen LogP contribution >= 0.6 is 0 Å². The maximum absolute atomic E-state index is 13.3. The maximum atomic E-state index is 13.3. The molecule has 164 valence electrons. The van der Waals surface area contributed by atoms with Gasteiger partial charge in [0.25, 0.3) is 0 Å². The first-order valence-electron chi connectivity index (χ1n) is 10.6. The van der Waals surface area contributed by atoms with Gasteiger partial charge in [-0.05, 0) is 81.8 Å². The van der Waals surface area contributed by atoms with Crippen molar-refractivity contribution in [3.8, 4) is 0 Å². The molecular weight excluding hydrogens is 402 g/mol. The number of amides is 1. The average molecular weight is 434 g/mol. The van der Waals surface area contributed by atoms with Crippen molar-refractivity contribution in [2.45, 2.75) is 69.2 Å². The summed E-state index contributed by atoms with van der Waals surface area (Å²) in [6, 6.07) is 6.20. The van der Waals surface area contributed by atoms with Crippen LogP contribution in [0.2, 0.25) is 0 Å². The highest BCUT2D eigenvalue weighted by Gasteiger charge is 2.60. The molecule has 30 heavy (non-hydrogen) atoms. The van der Waals surface area contributed by atoms with Gasteiger partial charge in [-0.15, -0.1) is 0 Å². The molecule has 4 aliphatic carbocycles. The van der Waals surface area contributed by atoms with Crippen molar-refractivity contribution >= 4 is 27.4 Å². The molecule has 1 aromatic carbocycles. The van der Waals surface area contributed by atoms with E-state index < -0.39 is 21.0 Å². The zero-order chi connectivity index (χ0) is 21.9. The lowest BCUT2D eigenvalue weighted by atomic mass is 9.43. The Bertz CT molecular complexity index is 987. The number of carbonyl (C=O) groups is 2. The molecule has 4 aliphatic rings. The van der Waals surface area contributed by atoms with Crippen molar-refractivity contribution in [3.05, 3.63) is 24.3 Å². The predicted octanol–water partition coefficient (Wildman–Crippen LogP) is 2.36. The Hall–Kier alpha value is -1.93. The highest BCUT2D eigenvalue weighted by molar-refractivity contribution is 7.89. The third-order valence-electron chi connectivity index (χ3n) is 7.54. The van der Waals surface area contributed by atoms with Gasteiger partial charge in [-0.1, -0.05) is 12.1 Å². The minimum absolute atomic E-state index is 0.0339. The van der Waals surface area contributed by atoms with E-state index in [4.69, 9.17) is 11.5 Å². The van der Waals surface area contributed by atoms with E-state index in [0.717, 1.165) is 32.1 Å². The van der Waals surface area contributed by atoms with Crippen molar-refractivity contribution in [2.24, 2.45) is 28.4 Å². The summed E-state index contributed by atoms with van der Waals surface area (Å²) in [6.45, 7) is 3.19. The molecule has 5 N–H and O–H groups in total. The first-order valence-corrected chi connectivity index (χ1v) is 12.1. The number of Topliss-reactive ketones (excluding diaryl/α,β-unsaturated/α-hetero) is 1. The number of ketones is 1. The Morgan fingerprint density at radius 2 is 1.73 bits per heavy atom. The average Bonchev–Trinajstić information content (AvgIpc) is 2.59. The number of sulfonamides is 1. The van der Waals surface area contributed by atoms with E-state index in [1.54, 1.807) is 26.0 Å². The van der Waals surface area contributed by atoms with E-state index >= 15 is 0 Å². The number of primary amides is 1. The quantitative estimate of drug-likeness (QED) is 0.568. The standard InChI is InChI=1S/C22H31N3O4S/c1-20(2,25-30(28,29)17-6-4-3-5-16(17)23)18(26)12-21-8-14-7-15(9-21)11-22(10-14,13-21)19(24)27/h3-6,14-15,25H,7-13,23H2,1-2H3,(H2,24,27). The Balaban J connectivity index is 1.55. The van der Waals surface area contributed by atoms with Gasteiger partial charge in [0.2, 0.25) is 15.9 Å². The molecule has 0 aromatic heterocycles. The van der Waals surface area contributed by atoms with Gasteiger partial charge in [-0.25, -0.2) is 8.42 Å². The number of hydrogen-bond acceptors (Lipinski definition) is 5. The van der Waals surface area contributed by atoms with Crippen molar-refractivity contribution in [3.63, 3.8) is 0 Å². The van der Waals surface area contributed by atoms with Crippen LogP contribution in [0.25, 0.3) is 0 Å². The molecule has 1 amide bonds. The number of benzene rings is 1. The summed E-state index contributed by atoms with van der Waals surface area (Å²) in [5.41, 5.74) is 9.73. The number of anilines is 1. The van der Waals surface area contributed by atoms with E-state index in [9.17, 15) is 18.0 Å². The molecule has 4 bridgehead atoms. The van der Waals surface area contributed by atoms with Gasteiger partial charge in [-0.2, -0.15) is 4.72 Å². The molecule has 8 heteroatoms. The van der Waals surface area contributed by atoms with Crippen molar-refractivity contribution in [2.75, 3.05) is 5.73 Å². The summed E-state index contributed by atoms with van der Waals surface area (Å²) < 4.78 is 28.3. The topological polar surface area (TPSA) is 132 Å². The molecule has 2 atom stereocenters. The Labute approximate surface area is 178 Å². The van der Waals surface area contributed by atoms with E-state index in [1.807, 2.05) is 0 Å². The van der Waals surface area contributed by atoms with E-state index in [2.05, 4.69) is 4.72 Å². The zero-order valence-corrected chi connectivity index (χ0v) is 18.4. The first kappa shape index (κ1) is 21.3. The lowest BCUT2D eigenvalue weighted by molar-refractivity contribution is -0.158. The zero-order valence-electron chi connectivity index (χ0n) is 17.6. The van der Waals surface area contributed by atoms with Crippen LogP contribution in [0.5, 0.6) is 0 Å². The van der Waals surface area contributed by atoms with Crippen LogP contribution in [0.3, 0.4) is 0 Å². The Morgan fingerprint density at radius 1 is 1.13 bits per heavy atom. The third-order valence-corrected chi connectivity index (χ3v) is 9.27. The molecule has 0 aliphatic heterocycles. The largest absolute Gasteiger partial charge is 0.398 e. The molecule has 0 heterocycles. The molecule has 4 fully saturated rings. The van der Waals surface area contributed by atoms with Gasteiger partial charge < -0.3 is 11.5 Å². The van der Waals surface area contributed by atoms with E-state index in [0.29, 0.717) is 18.3 Å². The molecule has 0 radical (unpaired) electrons. The first-order chi connectivity index (χ1) is 13.9. The Kier molecular flexibility index (Phi) is 4.82. The monoisotopic (exact) mass is 433 g/mol. The van der Waals surface area contributed by atoms with Crippen molar-refractivity contribution in [1.82, 2.24) is 4.72 Å². The molecule has 4 saturated carbocycles. The van der Waals surface area contributed by atoms with Gasteiger partial charge in [0.1, 0.15) is 4.90 Å². The van der Waals surface area contributed by atoms with E-state index in [1.165, 1.54) is 12.1 Å². The molecule has 7 nitrogen and oxygen atoms in total. The summed E-state index contributed by atoms with van der Waals surface area (Å²) >= 11 is 0. The van der Waals surface area contributed by atoms with Gasteiger partial charge in [0.05, 0.1) is 16.6 Å². The lowest BCUT2D eigenvalue weighted by Gasteiger charge is -2.61. The Morgan fingerprint density at radius 3 is 2.30 bits per heavy atom. The molecular formula is C22H31N3O4S. The number of carbonyl (C=O) groups excluding carboxylic acids is 2. The molecule has 5 rings (SSSR count). The molecule has 0 saturated heterocycles. The van der Waals surface area contributed by atoms with Gasteiger partial charge >= 0.3 is 0 Å². The summed E-state index contributed by atoms with van der Waals surface area (Å²) in [5, 5.41) is 0. The van der Waals surface area contributed by atoms with Crippen LogP contribution < -0.4 is 16.2 Å². The number of para-hydroxylation sites is 1. The number of nitrogens with two attached hydrogens (primary N) is 2. The number of nitrogens with one attached hydrogen (secondary N) is 1. The van der Waals surface area contributed by atoms with Crippen LogP contribution in [0.1, 0.15) is 58.8 Å². The highest BCUT2D eigenvalue weighted by atomic mass is 32.2. The van der Waals surface area contributed by atoms with Crippen molar-refractivity contribution in [1.29, 1.82) is 0 Å². The normalized spacial score (nSPS) is 32.9. The fraction of sp³-hybridized carbons (Fsp3) is 0.636. The van der Waals surface area contributed by atoms with Crippen LogP contribution in [0.4, 0.5) is 5.69 Å². The van der Waals surface area contributed by atoms with E-state index in [-0.39, 0.29) is 34.1 Å². The van der Waals surface area contributed by atoms with Crippen LogP contribution in [-0.4, -0.2) is 25.6 Å². The van der Waals surface area contributed by atoms with Crippen molar-refractivity contribution < 1.29 is 18.0 Å². The third kappa shape index (κ3) is 3.54. The number of rotatable bonds is 7. The summed E-state index contributed by atoms with van der Waals surface area (Å²) in [5.74, 6) is 0.445. The predicted molar refractivity (Wildman–Crippen MR) is 114 cm³/mol. The number of hydrogen-bond donors (Lipinski definition) is 3.